The van der Waals surface area contributed by atoms with Crippen molar-refractivity contribution in [1.82, 2.24) is 9.78 Å². The summed E-state index contributed by atoms with van der Waals surface area (Å²) in [7, 11) is 0. The summed E-state index contributed by atoms with van der Waals surface area (Å²) in [5, 5.41) is 5.37. The number of anilines is 1. The Morgan fingerprint density at radius 2 is 1.62 bits per heavy atom. The van der Waals surface area contributed by atoms with E-state index in [2.05, 4.69) is 5.10 Å². The van der Waals surface area contributed by atoms with Gasteiger partial charge in [0.25, 0.3) is 5.91 Å². The standard InChI is InChI=1S/C12H8F5N3O/c1-2-20-4-3-5(19-20)12(21)18-11-9(16)7(14)6(13)8(15)10(11)17/h3-4H,2H2,1H3,(H,18,21). The smallest absolute Gasteiger partial charge is 0.276 e. The minimum atomic E-state index is -2.29. The van der Waals surface area contributed by atoms with Crippen LogP contribution in [0.4, 0.5) is 27.6 Å². The van der Waals surface area contributed by atoms with Crippen molar-refractivity contribution in [3.8, 4) is 0 Å². The van der Waals surface area contributed by atoms with Gasteiger partial charge >= 0.3 is 0 Å². The molecule has 0 bridgehead atoms. The zero-order chi connectivity index (χ0) is 15.7. The lowest BCUT2D eigenvalue weighted by Gasteiger charge is -2.08. The topological polar surface area (TPSA) is 46.9 Å². The van der Waals surface area contributed by atoms with E-state index in [-0.39, 0.29) is 5.69 Å². The summed E-state index contributed by atoms with van der Waals surface area (Å²) in [6, 6.07) is 1.24. The summed E-state index contributed by atoms with van der Waals surface area (Å²) in [5.41, 5.74) is -1.64. The lowest BCUT2D eigenvalue weighted by Crippen LogP contribution is -2.17. The van der Waals surface area contributed by atoms with E-state index < -0.39 is 40.7 Å². The number of carbonyl (C=O) groups excluding carboxylic acids is 1. The second-order valence-corrected chi connectivity index (χ2v) is 3.96. The number of aromatic nitrogens is 2. The molecule has 0 aliphatic rings. The number of hydrogen-bond donors (Lipinski definition) is 1. The Morgan fingerprint density at radius 3 is 2.10 bits per heavy atom. The molecule has 0 spiro atoms. The summed E-state index contributed by atoms with van der Waals surface area (Å²) < 4.78 is 66.9. The van der Waals surface area contributed by atoms with Crippen LogP contribution in [0.25, 0.3) is 0 Å². The number of nitrogens with one attached hydrogen (secondary N) is 1. The first-order chi connectivity index (χ1) is 9.86. The molecule has 0 aliphatic heterocycles. The average Bonchev–Trinajstić information content (AvgIpc) is 2.96. The maximum atomic E-state index is 13.4. The third-order valence-electron chi connectivity index (χ3n) is 2.65. The van der Waals surface area contributed by atoms with Gasteiger partial charge < -0.3 is 5.32 Å². The fourth-order valence-corrected chi connectivity index (χ4v) is 1.55. The third-order valence-corrected chi connectivity index (χ3v) is 2.65. The van der Waals surface area contributed by atoms with E-state index >= 15 is 0 Å². The zero-order valence-corrected chi connectivity index (χ0v) is 10.6. The fraction of sp³-hybridized carbons (Fsp3) is 0.167. The molecule has 1 aromatic carbocycles. The maximum absolute atomic E-state index is 13.4. The molecule has 1 aromatic heterocycles. The Balaban J connectivity index is 2.38. The number of nitrogens with zero attached hydrogens (tertiary/aromatic N) is 2. The number of benzene rings is 1. The Morgan fingerprint density at radius 1 is 1.10 bits per heavy atom. The van der Waals surface area contributed by atoms with Gasteiger partial charge in [-0.15, -0.1) is 0 Å². The van der Waals surface area contributed by atoms with Crippen LogP contribution >= 0.6 is 0 Å². The van der Waals surface area contributed by atoms with Crippen LogP contribution in [0.5, 0.6) is 0 Å². The highest BCUT2D eigenvalue weighted by Gasteiger charge is 2.27. The van der Waals surface area contributed by atoms with E-state index in [1.165, 1.54) is 16.9 Å². The van der Waals surface area contributed by atoms with Crippen molar-refractivity contribution in [2.24, 2.45) is 0 Å². The molecular formula is C12H8F5N3O. The zero-order valence-electron chi connectivity index (χ0n) is 10.6. The van der Waals surface area contributed by atoms with Crippen molar-refractivity contribution < 1.29 is 26.7 Å². The first-order valence-electron chi connectivity index (χ1n) is 5.73. The SMILES string of the molecule is CCn1ccc(C(=O)Nc2c(F)c(F)c(F)c(F)c2F)n1. The Bertz CT molecular complexity index is 684. The van der Waals surface area contributed by atoms with E-state index in [1.807, 2.05) is 0 Å². The first-order valence-corrected chi connectivity index (χ1v) is 5.73. The van der Waals surface area contributed by atoms with Gasteiger partial charge in [0.15, 0.2) is 29.0 Å². The van der Waals surface area contributed by atoms with Crippen molar-refractivity contribution >= 4 is 11.6 Å². The number of aryl methyl sites for hydroxylation is 1. The van der Waals surface area contributed by atoms with Crippen molar-refractivity contribution in [3.63, 3.8) is 0 Å². The second-order valence-electron chi connectivity index (χ2n) is 3.96. The van der Waals surface area contributed by atoms with Gasteiger partial charge in [-0.3, -0.25) is 9.48 Å². The van der Waals surface area contributed by atoms with E-state index in [4.69, 9.17) is 0 Å². The molecule has 0 unspecified atom stereocenters. The Hall–Kier alpha value is -2.45. The molecule has 4 nitrogen and oxygen atoms in total. The Kier molecular flexibility index (Phi) is 3.92. The molecule has 9 heteroatoms. The van der Waals surface area contributed by atoms with Gasteiger partial charge in [0.1, 0.15) is 5.69 Å². The van der Waals surface area contributed by atoms with Gasteiger partial charge in [0.2, 0.25) is 5.82 Å². The van der Waals surface area contributed by atoms with Crippen LogP contribution in [0.2, 0.25) is 0 Å². The van der Waals surface area contributed by atoms with E-state index in [1.54, 1.807) is 12.2 Å². The molecule has 0 fully saturated rings. The predicted octanol–water partition coefficient (Wildman–Crippen LogP) is 2.85. The predicted molar refractivity (Wildman–Crippen MR) is 62.1 cm³/mol. The lowest BCUT2D eigenvalue weighted by atomic mass is 10.2. The van der Waals surface area contributed by atoms with Gasteiger partial charge in [-0.2, -0.15) is 5.10 Å². The number of rotatable bonds is 3. The maximum Gasteiger partial charge on any atom is 0.276 e. The number of hydrogen-bond acceptors (Lipinski definition) is 2. The van der Waals surface area contributed by atoms with Crippen LogP contribution < -0.4 is 5.32 Å². The van der Waals surface area contributed by atoms with Crippen molar-refractivity contribution in [3.05, 3.63) is 47.0 Å². The van der Waals surface area contributed by atoms with Gasteiger partial charge in [0.05, 0.1) is 0 Å². The molecule has 1 N–H and O–H groups in total. The Labute approximate surface area is 115 Å². The fourth-order valence-electron chi connectivity index (χ4n) is 1.55. The molecule has 1 heterocycles. The van der Waals surface area contributed by atoms with Gasteiger partial charge in [0, 0.05) is 12.7 Å². The summed E-state index contributed by atoms with van der Waals surface area (Å²) in [4.78, 5) is 11.7. The molecule has 0 saturated heterocycles. The van der Waals surface area contributed by atoms with E-state index in [0.717, 1.165) is 0 Å². The third kappa shape index (κ3) is 2.58. The van der Waals surface area contributed by atoms with Gasteiger partial charge in [-0.1, -0.05) is 0 Å². The van der Waals surface area contributed by atoms with Crippen LogP contribution in [-0.4, -0.2) is 15.7 Å². The molecule has 21 heavy (non-hydrogen) atoms. The highest BCUT2D eigenvalue weighted by atomic mass is 19.2. The first kappa shape index (κ1) is 14.9. The summed E-state index contributed by atoms with van der Waals surface area (Å²) in [5.74, 6) is -11.9. The highest BCUT2D eigenvalue weighted by Crippen LogP contribution is 2.27. The largest absolute Gasteiger partial charge is 0.315 e. The number of amides is 1. The average molecular weight is 305 g/mol. The number of carbonyl (C=O) groups is 1. The van der Waals surface area contributed by atoms with Crippen molar-refractivity contribution in [2.45, 2.75) is 13.5 Å². The minimum Gasteiger partial charge on any atom is -0.315 e. The summed E-state index contributed by atoms with van der Waals surface area (Å²) in [6.45, 7) is 2.18. The van der Waals surface area contributed by atoms with E-state index in [9.17, 15) is 26.7 Å². The highest BCUT2D eigenvalue weighted by molar-refractivity contribution is 6.02. The normalized spacial score (nSPS) is 10.8. The van der Waals surface area contributed by atoms with Gasteiger partial charge in [-0.25, -0.2) is 22.0 Å². The van der Waals surface area contributed by atoms with Crippen LogP contribution in [0, 0.1) is 29.1 Å². The van der Waals surface area contributed by atoms with Crippen LogP contribution in [-0.2, 0) is 6.54 Å². The molecule has 0 aliphatic carbocycles. The van der Waals surface area contributed by atoms with Crippen molar-refractivity contribution in [2.75, 3.05) is 5.32 Å². The van der Waals surface area contributed by atoms with Gasteiger partial charge in [-0.05, 0) is 13.0 Å². The molecule has 0 radical (unpaired) electrons. The van der Waals surface area contributed by atoms with E-state index in [0.29, 0.717) is 6.54 Å². The molecule has 2 rings (SSSR count). The van der Waals surface area contributed by atoms with Crippen LogP contribution in [0.15, 0.2) is 12.3 Å². The number of halogens is 5. The quantitative estimate of drug-likeness (QED) is 0.538. The van der Waals surface area contributed by atoms with Crippen LogP contribution in [0.3, 0.4) is 0 Å². The summed E-state index contributed by atoms with van der Waals surface area (Å²) >= 11 is 0. The second kappa shape index (κ2) is 5.51. The lowest BCUT2D eigenvalue weighted by molar-refractivity contribution is 0.102. The van der Waals surface area contributed by atoms with Crippen LogP contribution in [0.1, 0.15) is 17.4 Å². The summed E-state index contributed by atoms with van der Waals surface area (Å²) in [6.07, 6.45) is 1.42. The van der Waals surface area contributed by atoms with Crippen molar-refractivity contribution in [1.29, 1.82) is 0 Å². The minimum absolute atomic E-state index is 0.221. The molecule has 112 valence electrons. The molecule has 2 aromatic rings. The monoisotopic (exact) mass is 305 g/mol. The molecule has 0 saturated carbocycles. The molecular weight excluding hydrogens is 297 g/mol. The molecule has 0 atom stereocenters. The molecule has 1 amide bonds.